The Kier molecular flexibility index (Phi) is 4.13. The van der Waals surface area contributed by atoms with E-state index < -0.39 is 11.2 Å². The zero-order chi connectivity index (χ0) is 16.4. The van der Waals surface area contributed by atoms with Crippen molar-refractivity contribution in [1.82, 2.24) is 14.1 Å². The molecule has 2 heterocycles. The highest BCUT2D eigenvalue weighted by Gasteiger charge is 2.17. The average molecular weight is 300 g/mol. The SMILES string of the molecule is CCn1cc(C#N)c(=O)n(CC(=O)c2cc(C)[nH]c2C)c1=O. The summed E-state index contributed by atoms with van der Waals surface area (Å²) >= 11 is 0. The fourth-order valence-electron chi connectivity index (χ4n) is 2.34. The maximum absolute atomic E-state index is 12.3. The molecule has 0 bridgehead atoms. The number of nitriles is 1. The van der Waals surface area contributed by atoms with Crippen molar-refractivity contribution in [3.05, 3.63) is 55.6 Å². The molecule has 0 aromatic carbocycles. The molecule has 0 aliphatic rings. The monoisotopic (exact) mass is 300 g/mol. The van der Waals surface area contributed by atoms with Crippen LogP contribution in [0.15, 0.2) is 21.9 Å². The summed E-state index contributed by atoms with van der Waals surface area (Å²) in [5, 5.41) is 8.98. The van der Waals surface area contributed by atoms with Gasteiger partial charge >= 0.3 is 5.69 Å². The minimum atomic E-state index is -0.740. The minimum Gasteiger partial charge on any atom is -0.362 e. The smallest absolute Gasteiger partial charge is 0.331 e. The van der Waals surface area contributed by atoms with E-state index in [4.69, 9.17) is 5.26 Å². The normalized spacial score (nSPS) is 10.5. The van der Waals surface area contributed by atoms with E-state index in [0.29, 0.717) is 17.8 Å². The molecule has 0 unspecified atom stereocenters. The van der Waals surface area contributed by atoms with Gasteiger partial charge in [-0.3, -0.25) is 18.7 Å². The standard InChI is InChI=1S/C15H16N4O3/c1-4-18-7-11(6-16)14(21)19(15(18)22)8-13(20)12-5-9(2)17-10(12)3/h5,7,17H,4,8H2,1-3H3. The van der Waals surface area contributed by atoms with Crippen molar-refractivity contribution < 1.29 is 4.79 Å². The van der Waals surface area contributed by atoms with Gasteiger partial charge < -0.3 is 4.98 Å². The zero-order valence-electron chi connectivity index (χ0n) is 12.6. The highest BCUT2D eigenvalue weighted by Crippen LogP contribution is 2.10. The van der Waals surface area contributed by atoms with Crippen molar-refractivity contribution in [1.29, 1.82) is 5.26 Å². The van der Waals surface area contributed by atoms with E-state index in [9.17, 15) is 14.4 Å². The quantitative estimate of drug-likeness (QED) is 0.841. The first-order valence-electron chi connectivity index (χ1n) is 6.82. The highest BCUT2D eigenvalue weighted by molar-refractivity contribution is 5.97. The maximum atomic E-state index is 12.3. The van der Waals surface area contributed by atoms with Crippen LogP contribution in [0.4, 0.5) is 0 Å². The number of Topliss-reactive ketones (excluding diaryl/α,β-unsaturated/α-hetero) is 1. The fourth-order valence-corrected chi connectivity index (χ4v) is 2.34. The van der Waals surface area contributed by atoms with E-state index in [0.717, 1.165) is 10.3 Å². The second-order valence-corrected chi connectivity index (χ2v) is 5.03. The molecule has 2 rings (SSSR count). The molecule has 0 saturated heterocycles. The first kappa shape index (κ1) is 15.5. The lowest BCUT2D eigenvalue weighted by atomic mass is 10.1. The van der Waals surface area contributed by atoms with Crippen LogP contribution in [0.1, 0.15) is 34.2 Å². The van der Waals surface area contributed by atoms with E-state index in [1.807, 2.05) is 6.92 Å². The summed E-state index contributed by atoms with van der Waals surface area (Å²) in [5.74, 6) is -0.348. The van der Waals surface area contributed by atoms with Crippen LogP contribution in [0.3, 0.4) is 0 Å². The number of carbonyl (C=O) groups excluding carboxylic acids is 1. The fraction of sp³-hybridized carbons (Fsp3) is 0.333. The number of carbonyl (C=O) groups is 1. The van der Waals surface area contributed by atoms with Crippen molar-refractivity contribution in [2.45, 2.75) is 33.9 Å². The lowest BCUT2D eigenvalue weighted by Gasteiger charge is -2.08. The van der Waals surface area contributed by atoms with E-state index in [1.54, 1.807) is 26.0 Å². The summed E-state index contributed by atoms with van der Waals surface area (Å²) in [7, 11) is 0. The predicted octanol–water partition coefficient (Wildman–Crippen LogP) is 0.729. The van der Waals surface area contributed by atoms with Crippen LogP contribution in [0.5, 0.6) is 0 Å². The van der Waals surface area contributed by atoms with E-state index in [1.165, 1.54) is 10.8 Å². The van der Waals surface area contributed by atoms with Gasteiger partial charge in [0.1, 0.15) is 11.6 Å². The number of aromatic nitrogens is 3. The van der Waals surface area contributed by atoms with Gasteiger partial charge in [-0.05, 0) is 26.8 Å². The largest absolute Gasteiger partial charge is 0.362 e. The van der Waals surface area contributed by atoms with Crippen LogP contribution < -0.4 is 11.2 Å². The van der Waals surface area contributed by atoms with Crippen LogP contribution in [-0.4, -0.2) is 19.9 Å². The van der Waals surface area contributed by atoms with Crippen LogP contribution >= 0.6 is 0 Å². The van der Waals surface area contributed by atoms with Crippen LogP contribution in [0.2, 0.25) is 0 Å². The Morgan fingerprint density at radius 1 is 1.36 bits per heavy atom. The van der Waals surface area contributed by atoms with Gasteiger partial charge in [-0.15, -0.1) is 0 Å². The van der Waals surface area contributed by atoms with Gasteiger partial charge in [0.25, 0.3) is 5.56 Å². The molecular weight excluding hydrogens is 284 g/mol. The lowest BCUT2D eigenvalue weighted by molar-refractivity contribution is 0.0968. The molecule has 0 amide bonds. The molecule has 0 aliphatic heterocycles. The second kappa shape index (κ2) is 5.85. The third kappa shape index (κ3) is 2.63. The van der Waals surface area contributed by atoms with Crippen molar-refractivity contribution in [3.8, 4) is 6.07 Å². The van der Waals surface area contributed by atoms with Crippen LogP contribution in [0, 0.1) is 25.2 Å². The van der Waals surface area contributed by atoms with Crippen molar-refractivity contribution in [2.24, 2.45) is 0 Å². The molecule has 0 aliphatic carbocycles. The number of rotatable bonds is 4. The molecule has 22 heavy (non-hydrogen) atoms. The molecule has 0 atom stereocenters. The molecule has 1 N–H and O–H groups in total. The van der Waals surface area contributed by atoms with Gasteiger partial charge in [-0.2, -0.15) is 5.26 Å². The Balaban J connectivity index is 2.52. The molecule has 0 saturated carbocycles. The number of hydrogen-bond acceptors (Lipinski definition) is 4. The van der Waals surface area contributed by atoms with Gasteiger partial charge in [-0.1, -0.05) is 0 Å². The summed E-state index contributed by atoms with van der Waals surface area (Å²) < 4.78 is 2.05. The highest BCUT2D eigenvalue weighted by atomic mass is 16.2. The Labute approximate surface area is 126 Å². The molecule has 7 nitrogen and oxygen atoms in total. The number of H-pyrrole nitrogens is 1. The number of hydrogen-bond donors (Lipinski definition) is 1. The molecule has 2 aromatic rings. The Hall–Kier alpha value is -2.88. The number of nitrogens with one attached hydrogen (secondary N) is 1. The third-order valence-corrected chi connectivity index (χ3v) is 3.45. The topological polar surface area (TPSA) is 101 Å². The molecular formula is C15H16N4O3. The van der Waals surface area contributed by atoms with Gasteiger partial charge in [0, 0.05) is 29.7 Å². The number of ketones is 1. The van der Waals surface area contributed by atoms with Gasteiger partial charge in [0.05, 0.1) is 6.54 Å². The number of aryl methyl sites for hydroxylation is 3. The van der Waals surface area contributed by atoms with Crippen LogP contribution in [0.25, 0.3) is 0 Å². The van der Waals surface area contributed by atoms with Gasteiger partial charge in [-0.25, -0.2) is 4.79 Å². The third-order valence-electron chi connectivity index (χ3n) is 3.45. The Morgan fingerprint density at radius 2 is 2.05 bits per heavy atom. The molecule has 7 heteroatoms. The molecule has 0 radical (unpaired) electrons. The van der Waals surface area contributed by atoms with Crippen LogP contribution in [-0.2, 0) is 13.1 Å². The van der Waals surface area contributed by atoms with Gasteiger partial charge in [0.2, 0.25) is 0 Å². The van der Waals surface area contributed by atoms with E-state index in [2.05, 4.69) is 4.98 Å². The summed E-state index contributed by atoms with van der Waals surface area (Å²) in [6.07, 6.45) is 1.22. The van der Waals surface area contributed by atoms with E-state index >= 15 is 0 Å². The predicted molar refractivity (Wildman–Crippen MR) is 79.9 cm³/mol. The summed E-state index contributed by atoms with van der Waals surface area (Å²) in [4.78, 5) is 39.7. The van der Waals surface area contributed by atoms with Crippen molar-refractivity contribution >= 4 is 5.78 Å². The molecule has 0 fully saturated rings. The molecule has 0 spiro atoms. The maximum Gasteiger partial charge on any atom is 0.331 e. The number of nitrogens with zero attached hydrogens (tertiary/aromatic N) is 3. The van der Waals surface area contributed by atoms with E-state index in [-0.39, 0.29) is 17.9 Å². The summed E-state index contributed by atoms with van der Waals surface area (Å²) in [5.41, 5.74) is 0.457. The average Bonchev–Trinajstić information content (AvgIpc) is 2.82. The van der Waals surface area contributed by atoms with Crippen molar-refractivity contribution in [2.75, 3.05) is 0 Å². The zero-order valence-corrected chi connectivity index (χ0v) is 12.6. The lowest BCUT2D eigenvalue weighted by Crippen LogP contribution is -2.42. The number of aromatic amines is 1. The first-order chi connectivity index (χ1) is 10.4. The van der Waals surface area contributed by atoms with Crippen molar-refractivity contribution in [3.63, 3.8) is 0 Å². The Bertz CT molecular complexity index is 893. The van der Waals surface area contributed by atoms with Gasteiger partial charge in [0.15, 0.2) is 5.78 Å². The molecule has 2 aromatic heterocycles. The molecule has 114 valence electrons. The minimum absolute atomic E-state index is 0.156. The Morgan fingerprint density at radius 3 is 2.55 bits per heavy atom. The summed E-state index contributed by atoms with van der Waals surface area (Å²) in [6, 6.07) is 3.43. The summed E-state index contributed by atoms with van der Waals surface area (Å²) in [6.45, 7) is 5.21. The first-order valence-corrected chi connectivity index (χ1v) is 6.82. The second-order valence-electron chi connectivity index (χ2n) is 5.03.